The summed E-state index contributed by atoms with van der Waals surface area (Å²) in [5.74, 6) is 0.132. The summed E-state index contributed by atoms with van der Waals surface area (Å²) >= 11 is 0. The van der Waals surface area contributed by atoms with E-state index in [-0.39, 0.29) is 17.7 Å². The first-order chi connectivity index (χ1) is 7.74. The maximum atomic E-state index is 11.7. The highest BCUT2D eigenvalue weighted by Gasteiger charge is 2.23. The molecule has 1 aliphatic heterocycles. The van der Waals surface area contributed by atoms with E-state index in [0.29, 0.717) is 19.4 Å². The Morgan fingerprint density at radius 1 is 1.44 bits per heavy atom. The first-order valence-electron chi connectivity index (χ1n) is 6.28. The third-order valence-corrected chi connectivity index (χ3v) is 2.97. The summed E-state index contributed by atoms with van der Waals surface area (Å²) in [5.41, 5.74) is 0. The van der Waals surface area contributed by atoms with Crippen LogP contribution in [-0.2, 0) is 9.59 Å². The Hall–Kier alpha value is -1.06. The van der Waals surface area contributed by atoms with E-state index >= 15 is 0 Å². The monoisotopic (exact) mass is 226 g/mol. The van der Waals surface area contributed by atoms with Gasteiger partial charge in [0.1, 0.15) is 0 Å². The molecule has 4 nitrogen and oxygen atoms in total. The minimum atomic E-state index is -0.0242. The summed E-state index contributed by atoms with van der Waals surface area (Å²) in [6.07, 6.45) is 5.84. The van der Waals surface area contributed by atoms with Gasteiger partial charge in [-0.15, -0.1) is 0 Å². The average Bonchev–Trinajstić information content (AvgIpc) is 2.29. The second kappa shape index (κ2) is 7.25. The number of unbranched alkanes of at least 4 members (excludes halogenated alkanes) is 3. The molecule has 1 saturated heterocycles. The standard InChI is InChI=1S/C12H22N2O2/c1-2-3-4-5-8-13-12(16)10-6-7-11(15)14-9-10/h10H,2-9H2,1H3,(H,13,16)(H,14,15). The number of carbonyl (C=O) groups is 2. The summed E-state index contributed by atoms with van der Waals surface area (Å²) in [7, 11) is 0. The van der Waals surface area contributed by atoms with Gasteiger partial charge in [0.2, 0.25) is 11.8 Å². The number of rotatable bonds is 6. The zero-order valence-electron chi connectivity index (χ0n) is 10.1. The Labute approximate surface area is 97.2 Å². The van der Waals surface area contributed by atoms with E-state index in [1.807, 2.05) is 0 Å². The van der Waals surface area contributed by atoms with Gasteiger partial charge in [-0.05, 0) is 12.8 Å². The SMILES string of the molecule is CCCCCCNC(=O)C1CCC(=O)NC1. The van der Waals surface area contributed by atoms with Crippen molar-refractivity contribution in [2.24, 2.45) is 5.92 Å². The van der Waals surface area contributed by atoms with Crippen molar-refractivity contribution in [2.45, 2.75) is 45.4 Å². The molecule has 0 radical (unpaired) electrons. The molecular formula is C12H22N2O2. The van der Waals surface area contributed by atoms with Gasteiger partial charge >= 0.3 is 0 Å². The van der Waals surface area contributed by atoms with E-state index in [4.69, 9.17) is 0 Å². The van der Waals surface area contributed by atoms with Crippen molar-refractivity contribution in [1.29, 1.82) is 0 Å². The molecule has 0 aromatic carbocycles. The van der Waals surface area contributed by atoms with E-state index in [9.17, 15) is 9.59 Å². The highest BCUT2D eigenvalue weighted by Crippen LogP contribution is 2.10. The van der Waals surface area contributed by atoms with Gasteiger partial charge in [-0.3, -0.25) is 9.59 Å². The molecule has 0 aromatic heterocycles. The maximum Gasteiger partial charge on any atom is 0.224 e. The molecule has 1 fully saturated rings. The normalized spacial score (nSPS) is 20.3. The highest BCUT2D eigenvalue weighted by molar-refractivity contribution is 5.83. The Balaban J connectivity index is 2.08. The molecule has 0 spiro atoms. The molecule has 1 atom stereocenters. The molecule has 1 heterocycles. The fourth-order valence-corrected chi connectivity index (χ4v) is 1.86. The molecule has 1 unspecified atom stereocenters. The van der Waals surface area contributed by atoms with Crippen molar-refractivity contribution in [1.82, 2.24) is 10.6 Å². The Kier molecular flexibility index (Phi) is 5.90. The number of amides is 2. The Morgan fingerprint density at radius 3 is 2.88 bits per heavy atom. The third kappa shape index (κ3) is 4.64. The van der Waals surface area contributed by atoms with Gasteiger partial charge in [-0.2, -0.15) is 0 Å². The smallest absolute Gasteiger partial charge is 0.224 e. The van der Waals surface area contributed by atoms with E-state index in [2.05, 4.69) is 17.6 Å². The lowest BCUT2D eigenvalue weighted by Gasteiger charge is -2.21. The molecule has 0 bridgehead atoms. The van der Waals surface area contributed by atoms with E-state index < -0.39 is 0 Å². The van der Waals surface area contributed by atoms with Crippen molar-refractivity contribution in [3.63, 3.8) is 0 Å². The van der Waals surface area contributed by atoms with Gasteiger partial charge in [-0.25, -0.2) is 0 Å². The molecule has 0 saturated carbocycles. The number of hydrogen-bond donors (Lipinski definition) is 2. The van der Waals surface area contributed by atoms with Crippen LogP contribution in [0.5, 0.6) is 0 Å². The second-order valence-corrected chi connectivity index (χ2v) is 4.39. The first-order valence-corrected chi connectivity index (χ1v) is 6.28. The van der Waals surface area contributed by atoms with Crippen molar-refractivity contribution < 1.29 is 9.59 Å². The van der Waals surface area contributed by atoms with Crippen LogP contribution < -0.4 is 10.6 Å². The lowest BCUT2D eigenvalue weighted by molar-refractivity contribution is -0.128. The molecule has 4 heteroatoms. The van der Waals surface area contributed by atoms with Crippen molar-refractivity contribution in [3.05, 3.63) is 0 Å². The summed E-state index contributed by atoms with van der Waals surface area (Å²) in [5, 5.41) is 5.66. The van der Waals surface area contributed by atoms with Crippen LogP contribution >= 0.6 is 0 Å². The first kappa shape index (κ1) is 13.0. The zero-order chi connectivity index (χ0) is 11.8. The minimum absolute atomic E-state index is 0.0242. The van der Waals surface area contributed by atoms with Gasteiger partial charge in [0, 0.05) is 19.5 Å². The molecule has 0 aliphatic carbocycles. The largest absolute Gasteiger partial charge is 0.356 e. The van der Waals surface area contributed by atoms with Gasteiger partial charge in [0.15, 0.2) is 0 Å². The number of nitrogens with one attached hydrogen (secondary N) is 2. The van der Waals surface area contributed by atoms with Gasteiger partial charge < -0.3 is 10.6 Å². The minimum Gasteiger partial charge on any atom is -0.356 e. The van der Waals surface area contributed by atoms with Crippen LogP contribution in [0.3, 0.4) is 0 Å². The summed E-state index contributed by atoms with van der Waals surface area (Å²) in [6, 6.07) is 0. The zero-order valence-corrected chi connectivity index (χ0v) is 10.1. The fraction of sp³-hybridized carbons (Fsp3) is 0.833. The number of carbonyl (C=O) groups excluding carboxylic acids is 2. The van der Waals surface area contributed by atoms with Gasteiger partial charge in [-0.1, -0.05) is 26.2 Å². The van der Waals surface area contributed by atoms with E-state index in [0.717, 1.165) is 13.0 Å². The van der Waals surface area contributed by atoms with Crippen LogP contribution in [0, 0.1) is 5.92 Å². The van der Waals surface area contributed by atoms with Crippen molar-refractivity contribution in [3.8, 4) is 0 Å². The van der Waals surface area contributed by atoms with Gasteiger partial charge in [0.25, 0.3) is 0 Å². The van der Waals surface area contributed by atoms with Crippen LogP contribution in [0.15, 0.2) is 0 Å². The second-order valence-electron chi connectivity index (χ2n) is 4.39. The predicted octanol–water partition coefficient (Wildman–Crippen LogP) is 1.21. The molecule has 1 rings (SSSR count). The maximum absolute atomic E-state index is 11.7. The summed E-state index contributed by atoms with van der Waals surface area (Å²) < 4.78 is 0. The Morgan fingerprint density at radius 2 is 2.25 bits per heavy atom. The summed E-state index contributed by atoms with van der Waals surface area (Å²) in [4.78, 5) is 22.6. The number of hydrogen-bond acceptors (Lipinski definition) is 2. The number of piperidine rings is 1. The molecule has 0 aromatic rings. The molecule has 1 aliphatic rings. The van der Waals surface area contributed by atoms with Crippen LogP contribution in [-0.4, -0.2) is 24.9 Å². The fourth-order valence-electron chi connectivity index (χ4n) is 1.86. The molecule has 2 N–H and O–H groups in total. The highest BCUT2D eigenvalue weighted by atomic mass is 16.2. The molecule has 2 amide bonds. The lowest BCUT2D eigenvalue weighted by atomic mass is 9.98. The summed E-state index contributed by atoms with van der Waals surface area (Å²) in [6.45, 7) is 3.44. The lowest BCUT2D eigenvalue weighted by Crippen LogP contribution is -2.43. The molecule has 16 heavy (non-hydrogen) atoms. The third-order valence-electron chi connectivity index (χ3n) is 2.97. The van der Waals surface area contributed by atoms with E-state index in [1.165, 1.54) is 19.3 Å². The van der Waals surface area contributed by atoms with Crippen LogP contribution in [0.4, 0.5) is 0 Å². The van der Waals surface area contributed by atoms with Gasteiger partial charge in [0.05, 0.1) is 5.92 Å². The van der Waals surface area contributed by atoms with Crippen molar-refractivity contribution in [2.75, 3.05) is 13.1 Å². The van der Waals surface area contributed by atoms with Crippen molar-refractivity contribution >= 4 is 11.8 Å². The molecular weight excluding hydrogens is 204 g/mol. The molecule has 92 valence electrons. The van der Waals surface area contributed by atoms with Crippen LogP contribution in [0.25, 0.3) is 0 Å². The Bertz CT molecular complexity index is 231. The predicted molar refractivity (Wildman–Crippen MR) is 62.9 cm³/mol. The topological polar surface area (TPSA) is 58.2 Å². The van der Waals surface area contributed by atoms with Crippen LogP contribution in [0.1, 0.15) is 45.4 Å². The quantitative estimate of drug-likeness (QED) is 0.669. The van der Waals surface area contributed by atoms with E-state index in [1.54, 1.807) is 0 Å². The van der Waals surface area contributed by atoms with Crippen LogP contribution in [0.2, 0.25) is 0 Å². The average molecular weight is 226 g/mol.